The maximum absolute atomic E-state index is 11.3. The van der Waals surface area contributed by atoms with Crippen molar-refractivity contribution in [1.82, 2.24) is 0 Å². The lowest BCUT2D eigenvalue weighted by Gasteiger charge is -2.31. The van der Waals surface area contributed by atoms with E-state index in [1.165, 1.54) is 6.07 Å². The quantitative estimate of drug-likeness (QED) is 0.617. The first-order valence-electron chi connectivity index (χ1n) is 7.35. The van der Waals surface area contributed by atoms with Crippen LogP contribution >= 0.6 is 0 Å². The summed E-state index contributed by atoms with van der Waals surface area (Å²) in [4.78, 5) is 22.1. The Morgan fingerprint density at radius 2 is 2.18 bits per heavy atom. The van der Waals surface area contributed by atoms with Crippen LogP contribution in [0.4, 0.5) is 11.4 Å². The molecule has 0 spiro atoms. The van der Waals surface area contributed by atoms with Crippen LogP contribution in [0.25, 0.3) is 0 Å². The fraction of sp³-hybridized carbons (Fsp3) is 0.533. The van der Waals surface area contributed by atoms with Crippen molar-refractivity contribution >= 4 is 17.3 Å². The molecule has 120 valence electrons. The summed E-state index contributed by atoms with van der Waals surface area (Å²) in [5, 5.41) is 14.3. The van der Waals surface area contributed by atoms with E-state index < -0.39 is 10.8 Å². The number of nitrogens with two attached hydrogens (primary N) is 1. The van der Waals surface area contributed by atoms with Gasteiger partial charge in [-0.1, -0.05) is 6.07 Å². The molecular formula is C15H21N3O4. The molecule has 1 atom stereocenters. The number of primary amides is 1. The third kappa shape index (κ3) is 4.17. The number of benzene rings is 1. The molecule has 7 nitrogen and oxygen atoms in total. The van der Waals surface area contributed by atoms with Crippen molar-refractivity contribution in [2.24, 2.45) is 11.7 Å². The summed E-state index contributed by atoms with van der Waals surface area (Å²) in [5.41, 5.74) is 6.69. The number of rotatable bonds is 6. The smallest absolute Gasteiger partial charge is 0.292 e. The van der Waals surface area contributed by atoms with E-state index in [1.54, 1.807) is 12.1 Å². The van der Waals surface area contributed by atoms with Gasteiger partial charge in [-0.3, -0.25) is 14.9 Å². The summed E-state index contributed by atoms with van der Waals surface area (Å²) in [6, 6.07) is 4.68. The van der Waals surface area contributed by atoms with Crippen LogP contribution in [-0.4, -0.2) is 30.1 Å². The molecule has 1 heterocycles. The lowest BCUT2D eigenvalue weighted by molar-refractivity contribution is -0.384. The predicted octanol–water partition coefficient (Wildman–Crippen LogP) is 1.99. The lowest BCUT2D eigenvalue weighted by atomic mass is 9.89. The Hall–Kier alpha value is -2.15. The summed E-state index contributed by atoms with van der Waals surface area (Å²) in [6.45, 7) is 3.14. The van der Waals surface area contributed by atoms with E-state index in [2.05, 4.69) is 5.32 Å². The van der Waals surface area contributed by atoms with E-state index >= 15 is 0 Å². The largest absolute Gasteiger partial charge is 0.381 e. The molecule has 1 saturated heterocycles. The molecule has 0 bridgehead atoms. The maximum Gasteiger partial charge on any atom is 0.292 e. The van der Waals surface area contributed by atoms with Gasteiger partial charge in [0, 0.05) is 31.7 Å². The molecule has 1 aromatic carbocycles. The average molecular weight is 307 g/mol. The number of hydrogen-bond acceptors (Lipinski definition) is 5. The molecule has 1 amide bonds. The first-order chi connectivity index (χ1) is 10.5. The van der Waals surface area contributed by atoms with E-state index in [9.17, 15) is 14.9 Å². The van der Waals surface area contributed by atoms with Gasteiger partial charge < -0.3 is 15.8 Å². The number of amides is 1. The Kier molecular flexibility index (Phi) is 5.32. The van der Waals surface area contributed by atoms with Crippen LogP contribution < -0.4 is 11.1 Å². The Morgan fingerprint density at radius 3 is 2.77 bits per heavy atom. The number of hydrogen-bond donors (Lipinski definition) is 2. The van der Waals surface area contributed by atoms with Gasteiger partial charge in [0.1, 0.15) is 5.69 Å². The first-order valence-corrected chi connectivity index (χ1v) is 7.35. The normalized spacial score (nSPS) is 17.0. The van der Waals surface area contributed by atoms with Gasteiger partial charge in [-0.05, 0) is 37.3 Å². The van der Waals surface area contributed by atoms with E-state index in [4.69, 9.17) is 10.5 Å². The number of nitrogens with zero attached hydrogens (tertiary/aromatic N) is 1. The number of carbonyl (C=O) groups excluding carboxylic acids is 1. The molecule has 1 aliphatic rings. The van der Waals surface area contributed by atoms with Crippen molar-refractivity contribution in [2.45, 2.75) is 32.2 Å². The zero-order chi connectivity index (χ0) is 16.1. The molecule has 0 radical (unpaired) electrons. The van der Waals surface area contributed by atoms with Crippen molar-refractivity contribution in [2.75, 3.05) is 18.5 Å². The summed E-state index contributed by atoms with van der Waals surface area (Å²) >= 11 is 0. The van der Waals surface area contributed by atoms with Gasteiger partial charge in [0.15, 0.2) is 0 Å². The van der Waals surface area contributed by atoms with E-state index in [0.29, 0.717) is 18.9 Å². The molecule has 0 aromatic heterocycles. The van der Waals surface area contributed by atoms with Crippen molar-refractivity contribution in [3.63, 3.8) is 0 Å². The third-order valence-corrected chi connectivity index (χ3v) is 3.95. The number of ether oxygens (including phenoxy) is 1. The number of carbonyl (C=O) groups is 1. The maximum atomic E-state index is 11.3. The highest BCUT2D eigenvalue weighted by Crippen LogP contribution is 2.30. The van der Waals surface area contributed by atoms with Crippen molar-refractivity contribution < 1.29 is 14.5 Å². The Balaban J connectivity index is 2.23. The highest BCUT2D eigenvalue weighted by Gasteiger charge is 2.27. The fourth-order valence-corrected chi connectivity index (χ4v) is 2.79. The average Bonchev–Trinajstić information content (AvgIpc) is 2.47. The van der Waals surface area contributed by atoms with Gasteiger partial charge in [-0.2, -0.15) is 0 Å². The molecule has 1 aliphatic heterocycles. The number of nitrogens with one attached hydrogen (secondary N) is 1. The van der Waals surface area contributed by atoms with Crippen LogP contribution in [0.1, 0.15) is 24.8 Å². The number of nitro benzene ring substituents is 1. The molecule has 1 unspecified atom stereocenters. The molecular weight excluding hydrogens is 286 g/mol. The SMILES string of the molecule is Cc1ccc([N+](=O)[O-])c(NC(CC(N)=O)C2CCOCC2)c1. The standard InChI is InChI=1S/C15H21N3O4/c1-10-2-3-14(18(20)21)13(8-10)17-12(9-15(16)19)11-4-6-22-7-5-11/h2-3,8,11-12,17H,4-7,9H2,1H3,(H2,16,19). The molecule has 1 aromatic rings. The molecule has 0 aliphatic carbocycles. The number of anilines is 1. The predicted molar refractivity (Wildman–Crippen MR) is 82.6 cm³/mol. The van der Waals surface area contributed by atoms with Gasteiger partial charge in [0.2, 0.25) is 5.91 Å². The molecule has 3 N–H and O–H groups in total. The van der Waals surface area contributed by atoms with E-state index in [1.807, 2.05) is 6.92 Å². The molecule has 2 rings (SSSR count). The molecule has 22 heavy (non-hydrogen) atoms. The van der Waals surface area contributed by atoms with Crippen LogP contribution in [0.3, 0.4) is 0 Å². The summed E-state index contributed by atoms with van der Waals surface area (Å²) in [6.07, 6.45) is 1.77. The highest BCUT2D eigenvalue weighted by molar-refractivity contribution is 5.75. The Labute approximate surface area is 129 Å². The first kappa shape index (κ1) is 16.2. The second kappa shape index (κ2) is 7.22. The van der Waals surface area contributed by atoms with Crippen LogP contribution in [0, 0.1) is 23.0 Å². The fourth-order valence-electron chi connectivity index (χ4n) is 2.79. The molecule has 7 heteroatoms. The Morgan fingerprint density at radius 1 is 1.50 bits per heavy atom. The topological polar surface area (TPSA) is 107 Å². The van der Waals surface area contributed by atoms with Crippen molar-refractivity contribution in [3.05, 3.63) is 33.9 Å². The second-order valence-corrected chi connectivity index (χ2v) is 5.65. The van der Waals surface area contributed by atoms with Crippen LogP contribution in [0.15, 0.2) is 18.2 Å². The highest BCUT2D eigenvalue weighted by atomic mass is 16.6. The third-order valence-electron chi connectivity index (χ3n) is 3.95. The molecule has 1 fully saturated rings. The van der Waals surface area contributed by atoms with Crippen LogP contribution in [-0.2, 0) is 9.53 Å². The monoisotopic (exact) mass is 307 g/mol. The Bertz CT molecular complexity index is 556. The zero-order valence-electron chi connectivity index (χ0n) is 12.6. The van der Waals surface area contributed by atoms with E-state index in [-0.39, 0.29) is 24.1 Å². The lowest BCUT2D eigenvalue weighted by Crippen LogP contribution is -2.37. The van der Waals surface area contributed by atoms with Gasteiger partial charge in [0.25, 0.3) is 5.69 Å². The summed E-state index contributed by atoms with van der Waals surface area (Å²) in [7, 11) is 0. The van der Waals surface area contributed by atoms with Crippen LogP contribution in [0.2, 0.25) is 0 Å². The molecule has 0 saturated carbocycles. The minimum Gasteiger partial charge on any atom is -0.381 e. The van der Waals surface area contributed by atoms with Gasteiger partial charge in [0.05, 0.1) is 4.92 Å². The van der Waals surface area contributed by atoms with Crippen molar-refractivity contribution in [3.8, 4) is 0 Å². The summed E-state index contributed by atoms with van der Waals surface area (Å²) < 4.78 is 5.33. The van der Waals surface area contributed by atoms with Crippen molar-refractivity contribution in [1.29, 1.82) is 0 Å². The minimum atomic E-state index is -0.424. The van der Waals surface area contributed by atoms with Gasteiger partial charge in [-0.15, -0.1) is 0 Å². The zero-order valence-corrected chi connectivity index (χ0v) is 12.6. The van der Waals surface area contributed by atoms with Gasteiger partial charge >= 0.3 is 0 Å². The summed E-state index contributed by atoms with van der Waals surface area (Å²) in [5.74, 6) is -0.208. The van der Waals surface area contributed by atoms with Crippen LogP contribution in [0.5, 0.6) is 0 Å². The number of nitro groups is 1. The number of aryl methyl sites for hydroxylation is 1. The van der Waals surface area contributed by atoms with Gasteiger partial charge in [-0.25, -0.2) is 0 Å². The minimum absolute atomic E-state index is 0.00660. The van der Waals surface area contributed by atoms with E-state index in [0.717, 1.165) is 18.4 Å². The second-order valence-electron chi connectivity index (χ2n) is 5.65.